The van der Waals surface area contributed by atoms with Crippen molar-refractivity contribution in [3.63, 3.8) is 0 Å². The van der Waals surface area contributed by atoms with E-state index in [1.165, 1.54) is 0 Å². The maximum Gasteiger partial charge on any atom is 0.252 e. The van der Waals surface area contributed by atoms with E-state index in [4.69, 9.17) is 35.2 Å². The number of nitrogens with zero attached hydrogens (tertiary/aromatic N) is 15. The molecule has 10 rings (SSSR count). The fraction of sp³-hybridized carbons (Fsp3) is 0.216. The highest BCUT2D eigenvalue weighted by atomic mass is 15.3. The molecule has 0 saturated heterocycles. The predicted molar refractivity (Wildman–Crippen MR) is 192 cm³/mol. The molecule has 52 heavy (non-hydrogen) atoms. The molecule has 0 aliphatic rings. The number of rotatable bonds is 9. The third kappa shape index (κ3) is 5.25. The standard InChI is InChI=1S/C37H31N15/c1-22-21-25(52-37(40-22)44-33(48-52)14-12-31-43-36-27-6-4-18-39-29(27)16-20-50(36)46-31)10-9-24-8-7-23(2)51-34(24)41-32(47-51)13-11-30-42-35-26-5-3-17-38-28(26)15-19-49(35)45-30/h3-8,15-21H,9-14H2,1-2H3. The number of pyridine rings is 5. The molecule has 0 amide bonds. The molecule has 0 radical (unpaired) electrons. The Labute approximate surface area is 295 Å². The van der Waals surface area contributed by atoms with Crippen molar-refractivity contribution in [1.82, 2.24) is 73.3 Å². The Balaban J connectivity index is 0.867. The van der Waals surface area contributed by atoms with Crippen LogP contribution in [-0.2, 0) is 38.5 Å². The Bertz CT molecular complexity index is 2970. The minimum Gasteiger partial charge on any atom is -0.256 e. The Morgan fingerprint density at radius 3 is 1.75 bits per heavy atom. The third-order valence-electron chi connectivity index (χ3n) is 9.41. The number of hydrogen-bond acceptors (Lipinski definition) is 11. The van der Waals surface area contributed by atoms with Crippen LogP contribution in [0.2, 0.25) is 0 Å². The van der Waals surface area contributed by atoms with Crippen LogP contribution < -0.4 is 0 Å². The van der Waals surface area contributed by atoms with Crippen molar-refractivity contribution in [3.05, 3.63) is 125 Å². The van der Waals surface area contributed by atoms with E-state index in [0.29, 0.717) is 37.3 Å². The number of aromatic nitrogens is 15. The third-order valence-corrected chi connectivity index (χ3v) is 9.41. The van der Waals surface area contributed by atoms with Crippen molar-refractivity contribution < 1.29 is 0 Å². The molecule has 10 heterocycles. The Morgan fingerprint density at radius 2 is 1.10 bits per heavy atom. The topological polar surface area (TPSA) is 159 Å². The SMILES string of the molecule is Cc1cc(CCc2ccc(C)n3nc(CCc4nc5c6cccnc6ccn5n4)nc23)n2nc(CCc3nc4c5cccnc5ccn4n3)nc2n1. The lowest BCUT2D eigenvalue weighted by atomic mass is 10.1. The predicted octanol–water partition coefficient (Wildman–Crippen LogP) is 4.32. The lowest BCUT2D eigenvalue weighted by molar-refractivity contribution is 0.761. The van der Waals surface area contributed by atoms with E-state index in [0.717, 1.165) is 91.7 Å². The number of aryl methyl sites for hydroxylation is 8. The van der Waals surface area contributed by atoms with Gasteiger partial charge in [-0.2, -0.15) is 20.3 Å². The van der Waals surface area contributed by atoms with Crippen molar-refractivity contribution in [1.29, 1.82) is 0 Å². The molecule has 0 atom stereocenters. The largest absolute Gasteiger partial charge is 0.256 e. The smallest absolute Gasteiger partial charge is 0.252 e. The van der Waals surface area contributed by atoms with Crippen molar-refractivity contribution >= 4 is 44.5 Å². The second-order valence-corrected chi connectivity index (χ2v) is 13.0. The summed E-state index contributed by atoms with van der Waals surface area (Å²) in [7, 11) is 0. The highest BCUT2D eigenvalue weighted by molar-refractivity contribution is 5.91. The summed E-state index contributed by atoms with van der Waals surface area (Å²) in [6.07, 6.45) is 11.3. The van der Waals surface area contributed by atoms with Gasteiger partial charge >= 0.3 is 0 Å². The fourth-order valence-corrected chi connectivity index (χ4v) is 6.86. The summed E-state index contributed by atoms with van der Waals surface area (Å²) in [5.74, 6) is 3.53. The van der Waals surface area contributed by atoms with Gasteiger partial charge in [-0.15, -0.1) is 5.10 Å². The fourth-order valence-electron chi connectivity index (χ4n) is 6.86. The first kappa shape index (κ1) is 30.1. The van der Waals surface area contributed by atoms with Crippen LogP contribution in [0.1, 0.15) is 45.9 Å². The van der Waals surface area contributed by atoms with E-state index in [2.05, 4.69) is 38.2 Å². The summed E-state index contributed by atoms with van der Waals surface area (Å²) in [5, 5.41) is 21.1. The molecule has 0 bridgehead atoms. The van der Waals surface area contributed by atoms with Gasteiger partial charge in [0.15, 0.2) is 40.2 Å². The van der Waals surface area contributed by atoms with Gasteiger partial charge in [0.05, 0.1) is 11.0 Å². The van der Waals surface area contributed by atoms with Crippen molar-refractivity contribution in [2.24, 2.45) is 0 Å². The first-order chi connectivity index (χ1) is 25.5. The van der Waals surface area contributed by atoms with E-state index in [9.17, 15) is 0 Å². The first-order valence-corrected chi connectivity index (χ1v) is 17.3. The van der Waals surface area contributed by atoms with Crippen LogP contribution in [0.3, 0.4) is 0 Å². The zero-order valence-corrected chi connectivity index (χ0v) is 28.5. The van der Waals surface area contributed by atoms with Gasteiger partial charge in [-0.3, -0.25) is 9.97 Å². The molecule has 0 saturated carbocycles. The Kier molecular flexibility index (Phi) is 6.90. The second-order valence-electron chi connectivity index (χ2n) is 13.0. The average Bonchev–Trinajstić information content (AvgIpc) is 3.97. The van der Waals surface area contributed by atoms with Crippen molar-refractivity contribution in [2.75, 3.05) is 0 Å². The maximum atomic E-state index is 4.99. The molecule has 254 valence electrons. The van der Waals surface area contributed by atoms with Gasteiger partial charge in [-0.05, 0) is 80.8 Å². The van der Waals surface area contributed by atoms with E-state index >= 15 is 0 Å². The lowest BCUT2D eigenvalue weighted by Gasteiger charge is -2.07. The molecule has 0 aliphatic carbocycles. The number of fused-ring (bicyclic) bond motifs is 8. The van der Waals surface area contributed by atoms with Crippen LogP contribution in [0, 0.1) is 13.8 Å². The zero-order chi connectivity index (χ0) is 34.8. The van der Waals surface area contributed by atoms with Gasteiger partial charge in [-0.25, -0.2) is 38.0 Å². The molecular weight excluding hydrogens is 655 g/mol. The molecule has 10 aromatic rings. The van der Waals surface area contributed by atoms with E-state index in [-0.39, 0.29) is 0 Å². The summed E-state index contributed by atoms with van der Waals surface area (Å²) < 4.78 is 7.42. The molecule has 15 heteroatoms. The summed E-state index contributed by atoms with van der Waals surface area (Å²) >= 11 is 0. The minimum atomic E-state index is 0.591. The van der Waals surface area contributed by atoms with Crippen molar-refractivity contribution in [2.45, 2.75) is 52.4 Å². The molecule has 0 unspecified atom stereocenters. The first-order valence-electron chi connectivity index (χ1n) is 17.3. The normalized spacial score (nSPS) is 12.1. The minimum absolute atomic E-state index is 0.591. The second kappa shape index (κ2) is 11.9. The maximum absolute atomic E-state index is 4.99. The molecule has 0 aromatic carbocycles. The quantitative estimate of drug-likeness (QED) is 0.213. The van der Waals surface area contributed by atoms with E-state index < -0.39 is 0 Å². The van der Waals surface area contributed by atoms with Crippen LogP contribution >= 0.6 is 0 Å². The van der Waals surface area contributed by atoms with Crippen molar-refractivity contribution in [3.8, 4) is 0 Å². The van der Waals surface area contributed by atoms with Gasteiger partial charge in [0.25, 0.3) is 5.78 Å². The van der Waals surface area contributed by atoms with Crippen LogP contribution in [0.15, 0.2) is 79.4 Å². The van der Waals surface area contributed by atoms with E-state index in [1.807, 2.05) is 76.2 Å². The van der Waals surface area contributed by atoms with E-state index in [1.54, 1.807) is 16.9 Å². The summed E-state index contributed by atoms with van der Waals surface area (Å²) in [6.45, 7) is 4.04. The van der Waals surface area contributed by atoms with Crippen LogP contribution in [0.5, 0.6) is 0 Å². The van der Waals surface area contributed by atoms with Gasteiger partial charge in [0.2, 0.25) is 0 Å². The molecule has 10 aromatic heterocycles. The molecule has 0 spiro atoms. The molecule has 15 nitrogen and oxygen atoms in total. The average molecular weight is 686 g/mol. The van der Waals surface area contributed by atoms with Crippen LogP contribution in [-0.4, -0.2) is 73.3 Å². The van der Waals surface area contributed by atoms with Gasteiger partial charge < -0.3 is 0 Å². The van der Waals surface area contributed by atoms with Gasteiger partial charge in [0.1, 0.15) is 0 Å². The van der Waals surface area contributed by atoms with Gasteiger partial charge in [-0.1, -0.05) is 6.07 Å². The summed E-state index contributed by atoms with van der Waals surface area (Å²) in [6, 6.07) is 18.1. The summed E-state index contributed by atoms with van der Waals surface area (Å²) in [4.78, 5) is 32.9. The van der Waals surface area contributed by atoms with Crippen LogP contribution in [0.4, 0.5) is 0 Å². The molecule has 0 fully saturated rings. The Hall–Kier alpha value is -6.77. The molecular formula is C37H31N15. The molecule has 0 N–H and O–H groups in total. The zero-order valence-electron chi connectivity index (χ0n) is 28.5. The Morgan fingerprint density at radius 1 is 0.519 bits per heavy atom. The number of hydrogen-bond donors (Lipinski definition) is 0. The molecule has 0 aliphatic heterocycles. The lowest BCUT2D eigenvalue weighted by Crippen LogP contribution is -2.06. The highest BCUT2D eigenvalue weighted by Crippen LogP contribution is 2.20. The van der Waals surface area contributed by atoms with Gasteiger partial charge in [0, 0.05) is 78.3 Å². The highest BCUT2D eigenvalue weighted by Gasteiger charge is 2.16. The van der Waals surface area contributed by atoms with Crippen LogP contribution in [0.25, 0.3) is 44.5 Å². The monoisotopic (exact) mass is 685 g/mol. The summed E-state index contributed by atoms with van der Waals surface area (Å²) in [5.41, 5.74) is 8.31.